The molecule has 1 aliphatic heterocycles. The molecule has 0 saturated heterocycles. The highest BCUT2D eigenvalue weighted by molar-refractivity contribution is 7.89. The Kier molecular flexibility index (Phi) is 5.14. The van der Waals surface area contributed by atoms with Gasteiger partial charge in [-0.1, -0.05) is 35.9 Å². The molecule has 29 heavy (non-hydrogen) atoms. The number of halogens is 1. The molecule has 0 radical (unpaired) electrons. The van der Waals surface area contributed by atoms with Gasteiger partial charge in [-0.2, -0.15) is 9.40 Å². The summed E-state index contributed by atoms with van der Waals surface area (Å²) in [5.41, 5.74) is 5.56. The number of hydrogen-bond donors (Lipinski definition) is 0. The molecular weight excluding hydrogens is 408 g/mol. The molecular formula is C21H23ClN4O2S. The Morgan fingerprint density at radius 1 is 1.07 bits per heavy atom. The lowest BCUT2D eigenvalue weighted by Crippen LogP contribution is -2.27. The molecule has 1 aliphatic rings. The fraction of sp³-hybridized carbons (Fsp3) is 0.286. The van der Waals surface area contributed by atoms with E-state index in [2.05, 4.69) is 0 Å². The number of benzene rings is 2. The summed E-state index contributed by atoms with van der Waals surface area (Å²) >= 11 is 6.10. The zero-order valence-corrected chi connectivity index (χ0v) is 18.2. The molecule has 4 rings (SSSR count). The van der Waals surface area contributed by atoms with Gasteiger partial charge < -0.3 is 4.90 Å². The maximum atomic E-state index is 12.4. The highest BCUT2D eigenvalue weighted by Crippen LogP contribution is 2.37. The zero-order chi connectivity index (χ0) is 20.8. The standard InChI is InChI=1S/C21H23ClN4O2S/c1-4-29(27,28)25-13-17-18(14-25)23-26(20-8-6-5-7-19(20)24(2)3)21(17)15-9-11-16(22)12-10-15/h5-12H,4,13-14H2,1-3H3. The van der Waals surface area contributed by atoms with E-state index in [1.807, 2.05) is 72.2 Å². The lowest BCUT2D eigenvalue weighted by Gasteiger charge is -2.20. The van der Waals surface area contributed by atoms with Crippen LogP contribution in [0.25, 0.3) is 16.9 Å². The summed E-state index contributed by atoms with van der Waals surface area (Å²) in [6, 6.07) is 15.6. The molecule has 0 unspecified atom stereocenters. The van der Waals surface area contributed by atoms with Crippen molar-refractivity contribution >= 4 is 27.3 Å². The predicted octanol–water partition coefficient (Wildman–Crippen LogP) is 3.92. The van der Waals surface area contributed by atoms with Crippen molar-refractivity contribution in [3.05, 3.63) is 64.8 Å². The van der Waals surface area contributed by atoms with Crippen LogP contribution in [0, 0.1) is 0 Å². The molecule has 0 bridgehead atoms. The summed E-state index contributed by atoms with van der Waals surface area (Å²) in [4.78, 5) is 2.04. The maximum Gasteiger partial charge on any atom is 0.214 e. The van der Waals surface area contributed by atoms with E-state index >= 15 is 0 Å². The molecule has 2 aromatic carbocycles. The normalized spacial score (nSPS) is 14.2. The molecule has 8 heteroatoms. The van der Waals surface area contributed by atoms with Gasteiger partial charge in [0.25, 0.3) is 0 Å². The quantitative estimate of drug-likeness (QED) is 0.615. The van der Waals surface area contributed by atoms with Gasteiger partial charge in [-0.25, -0.2) is 13.1 Å². The number of para-hydroxylation sites is 2. The van der Waals surface area contributed by atoms with E-state index in [1.54, 1.807) is 6.92 Å². The lowest BCUT2D eigenvalue weighted by molar-refractivity contribution is 0.427. The van der Waals surface area contributed by atoms with Gasteiger partial charge in [-0.05, 0) is 31.2 Å². The van der Waals surface area contributed by atoms with E-state index in [9.17, 15) is 8.42 Å². The zero-order valence-electron chi connectivity index (χ0n) is 16.6. The van der Waals surface area contributed by atoms with Crippen molar-refractivity contribution in [1.82, 2.24) is 14.1 Å². The molecule has 152 valence electrons. The number of nitrogens with zero attached hydrogens (tertiary/aromatic N) is 4. The topological polar surface area (TPSA) is 58.4 Å². The first-order valence-corrected chi connectivity index (χ1v) is 11.4. The first kappa shape index (κ1) is 19.9. The predicted molar refractivity (Wildman–Crippen MR) is 117 cm³/mol. The molecule has 0 saturated carbocycles. The van der Waals surface area contributed by atoms with Gasteiger partial charge in [0, 0.05) is 36.8 Å². The monoisotopic (exact) mass is 430 g/mol. The summed E-state index contributed by atoms with van der Waals surface area (Å²) in [6.07, 6.45) is 0. The van der Waals surface area contributed by atoms with Gasteiger partial charge >= 0.3 is 0 Å². The molecule has 0 atom stereocenters. The average molecular weight is 431 g/mol. The number of sulfonamides is 1. The van der Waals surface area contributed by atoms with Crippen molar-refractivity contribution in [2.45, 2.75) is 20.0 Å². The number of hydrogen-bond acceptors (Lipinski definition) is 4. The molecule has 0 N–H and O–H groups in total. The van der Waals surface area contributed by atoms with E-state index in [1.165, 1.54) is 4.31 Å². The van der Waals surface area contributed by atoms with E-state index < -0.39 is 10.0 Å². The summed E-state index contributed by atoms with van der Waals surface area (Å²) < 4.78 is 28.3. The second-order valence-electron chi connectivity index (χ2n) is 7.24. The van der Waals surface area contributed by atoms with Crippen LogP contribution in [0.5, 0.6) is 0 Å². The fourth-order valence-corrected chi connectivity index (χ4v) is 4.80. The Morgan fingerprint density at radius 3 is 2.41 bits per heavy atom. The number of anilines is 1. The third-order valence-electron chi connectivity index (χ3n) is 5.19. The second kappa shape index (κ2) is 7.48. The van der Waals surface area contributed by atoms with Gasteiger partial charge in [0.1, 0.15) is 0 Å². The van der Waals surface area contributed by atoms with E-state index in [4.69, 9.17) is 16.7 Å². The number of aromatic nitrogens is 2. The molecule has 0 fully saturated rings. The van der Waals surface area contributed by atoms with Gasteiger partial charge in [0.2, 0.25) is 10.0 Å². The molecule has 0 spiro atoms. The van der Waals surface area contributed by atoms with Crippen molar-refractivity contribution < 1.29 is 8.42 Å². The smallest absolute Gasteiger partial charge is 0.214 e. The Morgan fingerprint density at radius 2 is 1.76 bits per heavy atom. The molecule has 2 heterocycles. The maximum absolute atomic E-state index is 12.4. The molecule has 6 nitrogen and oxygen atoms in total. The Labute approximate surface area is 176 Å². The highest BCUT2D eigenvalue weighted by atomic mass is 35.5. The minimum Gasteiger partial charge on any atom is -0.376 e. The van der Waals surface area contributed by atoms with Crippen molar-refractivity contribution in [3.63, 3.8) is 0 Å². The third kappa shape index (κ3) is 3.54. The van der Waals surface area contributed by atoms with Gasteiger partial charge in [0.15, 0.2) is 0 Å². The van der Waals surface area contributed by atoms with Crippen molar-refractivity contribution in [1.29, 1.82) is 0 Å². The van der Waals surface area contributed by atoms with E-state index in [0.29, 0.717) is 18.1 Å². The minimum absolute atomic E-state index is 0.0804. The van der Waals surface area contributed by atoms with Crippen LogP contribution < -0.4 is 4.90 Å². The second-order valence-corrected chi connectivity index (χ2v) is 9.94. The molecule has 0 amide bonds. The fourth-order valence-electron chi connectivity index (χ4n) is 3.67. The number of fused-ring (bicyclic) bond motifs is 1. The van der Waals surface area contributed by atoms with E-state index in [-0.39, 0.29) is 5.75 Å². The lowest BCUT2D eigenvalue weighted by atomic mass is 10.1. The van der Waals surface area contributed by atoms with Crippen LogP contribution in [0.2, 0.25) is 5.02 Å². The molecule has 0 aliphatic carbocycles. The Balaban J connectivity index is 1.92. The van der Waals surface area contributed by atoms with Crippen LogP contribution in [-0.4, -0.2) is 42.4 Å². The van der Waals surface area contributed by atoms with Crippen LogP contribution in [-0.2, 0) is 23.1 Å². The van der Waals surface area contributed by atoms with E-state index in [0.717, 1.165) is 33.9 Å². The van der Waals surface area contributed by atoms with Crippen molar-refractivity contribution in [2.24, 2.45) is 0 Å². The summed E-state index contributed by atoms with van der Waals surface area (Å²) in [5.74, 6) is 0.0804. The minimum atomic E-state index is -3.29. The van der Waals surface area contributed by atoms with Crippen molar-refractivity contribution in [3.8, 4) is 16.9 Å². The average Bonchev–Trinajstić information content (AvgIpc) is 3.27. The van der Waals surface area contributed by atoms with Gasteiger partial charge in [0.05, 0.1) is 35.1 Å². The summed E-state index contributed by atoms with van der Waals surface area (Å²) in [5, 5.41) is 5.50. The number of rotatable bonds is 5. The highest BCUT2D eigenvalue weighted by Gasteiger charge is 2.34. The van der Waals surface area contributed by atoms with Gasteiger partial charge in [-0.3, -0.25) is 0 Å². The first-order valence-electron chi connectivity index (χ1n) is 9.43. The molecule has 1 aromatic heterocycles. The largest absolute Gasteiger partial charge is 0.376 e. The van der Waals surface area contributed by atoms with Crippen molar-refractivity contribution in [2.75, 3.05) is 24.7 Å². The summed E-state index contributed by atoms with van der Waals surface area (Å²) in [7, 11) is 0.702. The van der Waals surface area contributed by atoms with Crippen LogP contribution in [0.15, 0.2) is 48.5 Å². The Hall–Kier alpha value is -2.35. The first-order chi connectivity index (χ1) is 13.8. The summed E-state index contributed by atoms with van der Waals surface area (Å²) in [6.45, 7) is 2.29. The SMILES string of the molecule is CCS(=O)(=O)N1Cc2nn(-c3ccccc3N(C)C)c(-c3ccc(Cl)cc3)c2C1. The van der Waals surface area contributed by atoms with Crippen LogP contribution in [0.1, 0.15) is 18.2 Å². The molecule has 3 aromatic rings. The van der Waals surface area contributed by atoms with Crippen LogP contribution in [0.4, 0.5) is 5.69 Å². The third-order valence-corrected chi connectivity index (χ3v) is 7.22. The van der Waals surface area contributed by atoms with Crippen LogP contribution >= 0.6 is 11.6 Å². The van der Waals surface area contributed by atoms with Gasteiger partial charge in [-0.15, -0.1) is 0 Å². The van der Waals surface area contributed by atoms with Crippen LogP contribution in [0.3, 0.4) is 0 Å². The Bertz CT molecular complexity index is 1150.